The Hall–Kier alpha value is -0.0800. The van der Waals surface area contributed by atoms with Gasteiger partial charge in [-0.05, 0) is 50.5 Å². The molecule has 0 saturated heterocycles. The summed E-state index contributed by atoms with van der Waals surface area (Å²) in [6.45, 7) is 15.7. The van der Waals surface area contributed by atoms with Crippen LogP contribution in [0, 0.1) is 11.3 Å². The molecule has 0 spiro atoms. The zero-order valence-electron chi connectivity index (χ0n) is 14.7. The highest BCUT2D eigenvalue weighted by atomic mass is 16.5. The van der Waals surface area contributed by atoms with Gasteiger partial charge >= 0.3 is 0 Å². The third-order valence-corrected chi connectivity index (χ3v) is 5.39. The summed E-state index contributed by atoms with van der Waals surface area (Å²) in [5.41, 5.74) is 0.558. The van der Waals surface area contributed by atoms with Crippen LogP contribution in [0.4, 0.5) is 0 Å². The van der Waals surface area contributed by atoms with Crippen molar-refractivity contribution in [1.82, 2.24) is 5.32 Å². The number of likely N-dealkylation sites (N-methyl/N-ethyl adjacent to an activating group) is 1. The molecule has 1 atom stereocenters. The van der Waals surface area contributed by atoms with Gasteiger partial charge in [0.15, 0.2) is 0 Å². The number of rotatable bonds is 8. The maximum atomic E-state index is 6.40. The van der Waals surface area contributed by atoms with Gasteiger partial charge in [-0.2, -0.15) is 0 Å². The molecule has 0 bridgehead atoms. The minimum absolute atomic E-state index is 0.0664. The predicted molar refractivity (Wildman–Crippen MR) is 88.1 cm³/mol. The van der Waals surface area contributed by atoms with E-state index in [9.17, 15) is 0 Å². The standard InChI is InChI=1S/C18H37NO/c1-7-15(8-2)16(19-9-3)18(20-10-4)13-11-17(5,6)12-14-18/h15-16,19H,7-14H2,1-6H3. The van der Waals surface area contributed by atoms with Crippen LogP contribution in [0.3, 0.4) is 0 Å². The molecule has 1 saturated carbocycles. The van der Waals surface area contributed by atoms with E-state index in [1.807, 2.05) is 0 Å². The first-order valence-corrected chi connectivity index (χ1v) is 8.82. The van der Waals surface area contributed by atoms with E-state index < -0.39 is 0 Å². The lowest BCUT2D eigenvalue weighted by molar-refractivity contribution is -0.118. The van der Waals surface area contributed by atoms with E-state index in [-0.39, 0.29) is 5.60 Å². The van der Waals surface area contributed by atoms with Gasteiger partial charge in [-0.25, -0.2) is 0 Å². The van der Waals surface area contributed by atoms with Crippen LogP contribution in [0.1, 0.15) is 80.1 Å². The Morgan fingerprint density at radius 2 is 1.50 bits per heavy atom. The molecule has 0 amide bonds. The molecule has 1 aliphatic carbocycles. The Bertz CT molecular complexity index is 261. The quantitative estimate of drug-likeness (QED) is 0.692. The number of hydrogen-bond donors (Lipinski definition) is 1. The van der Waals surface area contributed by atoms with E-state index in [1.165, 1.54) is 38.5 Å². The van der Waals surface area contributed by atoms with Crippen molar-refractivity contribution in [3.05, 3.63) is 0 Å². The first-order valence-electron chi connectivity index (χ1n) is 8.82. The molecular weight excluding hydrogens is 246 g/mol. The Balaban J connectivity index is 2.95. The average Bonchev–Trinajstić information content (AvgIpc) is 2.42. The normalized spacial score (nSPS) is 22.9. The van der Waals surface area contributed by atoms with Crippen molar-refractivity contribution < 1.29 is 4.74 Å². The first-order chi connectivity index (χ1) is 9.44. The van der Waals surface area contributed by atoms with Gasteiger partial charge in [0.05, 0.1) is 5.60 Å². The summed E-state index contributed by atoms with van der Waals surface area (Å²) < 4.78 is 6.40. The molecule has 1 N–H and O–H groups in total. The summed E-state index contributed by atoms with van der Waals surface area (Å²) >= 11 is 0. The fourth-order valence-corrected chi connectivity index (χ4v) is 3.94. The van der Waals surface area contributed by atoms with Gasteiger partial charge in [-0.15, -0.1) is 0 Å². The van der Waals surface area contributed by atoms with E-state index in [4.69, 9.17) is 4.74 Å². The molecule has 120 valence electrons. The van der Waals surface area contributed by atoms with Crippen molar-refractivity contribution in [1.29, 1.82) is 0 Å². The van der Waals surface area contributed by atoms with Crippen LogP contribution in [0.5, 0.6) is 0 Å². The predicted octanol–water partition coefficient (Wildman–Crippen LogP) is 4.78. The molecule has 0 aromatic rings. The number of hydrogen-bond acceptors (Lipinski definition) is 2. The number of ether oxygens (including phenoxy) is 1. The lowest BCUT2D eigenvalue weighted by atomic mass is 9.65. The molecule has 0 heterocycles. The summed E-state index contributed by atoms with van der Waals surface area (Å²) in [4.78, 5) is 0. The monoisotopic (exact) mass is 283 g/mol. The smallest absolute Gasteiger partial charge is 0.0837 e. The Labute approximate surface area is 127 Å². The second kappa shape index (κ2) is 7.79. The van der Waals surface area contributed by atoms with Crippen molar-refractivity contribution in [3.8, 4) is 0 Å². The molecule has 0 aromatic carbocycles. The van der Waals surface area contributed by atoms with Crippen LogP contribution < -0.4 is 5.32 Å². The lowest BCUT2D eigenvalue weighted by Crippen LogP contribution is -2.58. The summed E-state index contributed by atoms with van der Waals surface area (Å²) in [6.07, 6.45) is 7.48. The summed E-state index contributed by atoms with van der Waals surface area (Å²) in [5, 5.41) is 3.78. The maximum Gasteiger partial charge on any atom is 0.0837 e. The van der Waals surface area contributed by atoms with E-state index in [2.05, 4.69) is 46.9 Å². The highest BCUT2D eigenvalue weighted by Gasteiger charge is 2.46. The molecule has 0 aromatic heterocycles. The molecule has 1 unspecified atom stereocenters. The van der Waals surface area contributed by atoms with Crippen LogP contribution in [-0.2, 0) is 4.74 Å². The van der Waals surface area contributed by atoms with E-state index in [1.54, 1.807) is 0 Å². The molecule has 0 radical (unpaired) electrons. The zero-order chi connectivity index (χ0) is 15.2. The fourth-order valence-electron chi connectivity index (χ4n) is 3.94. The molecule has 0 aliphatic heterocycles. The largest absolute Gasteiger partial charge is 0.374 e. The SMILES string of the molecule is CCNC(C(CC)CC)C1(OCC)CCC(C)(C)CC1. The molecule has 1 fully saturated rings. The molecular formula is C18H37NO. The molecule has 20 heavy (non-hydrogen) atoms. The molecule has 2 nitrogen and oxygen atoms in total. The molecule has 1 aliphatic rings. The minimum atomic E-state index is 0.0664. The Morgan fingerprint density at radius 3 is 1.90 bits per heavy atom. The topological polar surface area (TPSA) is 21.3 Å². The van der Waals surface area contributed by atoms with Gasteiger partial charge in [0.25, 0.3) is 0 Å². The Kier molecular flexibility index (Phi) is 7.00. The van der Waals surface area contributed by atoms with Crippen molar-refractivity contribution >= 4 is 0 Å². The zero-order valence-corrected chi connectivity index (χ0v) is 14.7. The third-order valence-electron chi connectivity index (χ3n) is 5.39. The average molecular weight is 284 g/mol. The van der Waals surface area contributed by atoms with Crippen molar-refractivity contribution in [3.63, 3.8) is 0 Å². The van der Waals surface area contributed by atoms with Gasteiger partial charge in [0.1, 0.15) is 0 Å². The highest BCUT2D eigenvalue weighted by molar-refractivity contribution is 5.01. The first kappa shape index (κ1) is 18.0. The molecule has 1 rings (SSSR count). The van der Waals surface area contributed by atoms with Crippen LogP contribution in [0.25, 0.3) is 0 Å². The van der Waals surface area contributed by atoms with Gasteiger partial charge in [0.2, 0.25) is 0 Å². The molecule has 2 heteroatoms. The van der Waals surface area contributed by atoms with Gasteiger partial charge in [-0.1, -0.05) is 47.5 Å². The third kappa shape index (κ3) is 4.21. The minimum Gasteiger partial charge on any atom is -0.374 e. The van der Waals surface area contributed by atoms with Crippen molar-refractivity contribution in [2.24, 2.45) is 11.3 Å². The van der Waals surface area contributed by atoms with E-state index >= 15 is 0 Å². The lowest BCUT2D eigenvalue weighted by Gasteiger charge is -2.50. The van der Waals surface area contributed by atoms with Crippen LogP contribution in [0.15, 0.2) is 0 Å². The van der Waals surface area contributed by atoms with E-state index in [0.717, 1.165) is 19.1 Å². The van der Waals surface area contributed by atoms with E-state index in [0.29, 0.717) is 11.5 Å². The van der Waals surface area contributed by atoms with Crippen LogP contribution in [0.2, 0.25) is 0 Å². The second-order valence-corrected chi connectivity index (χ2v) is 7.27. The van der Waals surface area contributed by atoms with Crippen LogP contribution >= 0.6 is 0 Å². The van der Waals surface area contributed by atoms with Crippen LogP contribution in [-0.4, -0.2) is 24.8 Å². The second-order valence-electron chi connectivity index (χ2n) is 7.27. The van der Waals surface area contributed by atoms with Gasteiger partial charge < -0.3 is 10.1 Å². The maximum absolute atomic E-state index is 6.40. The van der Waals surface area contributed by atoms with Crippen molar-refractivity contribution in [2.45, 2.75) is 91.7 Å². The van der Waals surface area contributed by atoms with Gasteiger partial charge in [-0.3, -0.25) is 0 Å². The van der Waals surface area contributed by atoms with Crippen molar-refractivity contribution in [2.75, 3.05) is 13.2 Å². The Morgan fingerprint density at radius 1 is 0.950 bits per heavy atom. The highest BCUT2D eigenvalue weighted by Crippen LogP contribution is 2.45. The fraction of sp³-hybridized carbons (Fsp3) is 1.00. The van der Waals surface area contributed by atoms with Gasteiger partial charge in [0, 0.05) is 12.6 Å². The number of nitrogens with one attached hydrogen (secondary N) is 1. The summed E-state index contributed by atoms with van der Waals surface area (Å²) in [7, 11) is 0. The summed E-state index contributed by atoms with van der Waals surface area (Å²) in [5.74, 6) is 0.725. The summed E-state index contributed by atoms with van der Waals surface area (Å²) in [6, 6.07) is 0.513.